The average Bonchev–Trinajstić information content (AvgIpc) is 3.07. The Kier molecular flexibility index (Phi) is 4.15. The minimum Gasteiger partial charge on any atom is -0.423 e. The normalized spacial score (nSPS) is 15.0. The van der Waals surface area contributed by atoms with Gasteiger partial charge in [-0.2, -0.15) is 0 Å². The molecule has 3 nitrogen and oxygen atoms in total. The number of rotatable bonds is 6. The zero-order chi connectivity index (χ0) is 12.3. The van der Waals surface area contributed by atoms with Gasteiger partial charge in [0.2, 0.25) is 0 Å². The summed E-state index contributed by atoms with van der Waals surface area (Å²) in [7, 11) is -1.64. The minimum atomic E-state index is -1.64. The Labute approximate surface area is 100 Å². The molecule has 1 saturated carbocycles. The van der Waals surface area contributed by atoms with Crippen molar-refractivity contribution in [2.75, 3.05) is 6.61 Å². The molecule has 2 rings (SSSR count). The summed E-state index contributed by atoms with van der Waals surface area (Å²) in [6, 6.07) is 4.01. The van der Waals surface area contributed by atoms with E-state index in [0.717, 1.165) is 18.4 Å². The molecule has 1 aromatic carbocycles. The van der Waals surface area contributed by atoms with E-state index in [9.17, 15) is 4.39 Å². The van der Waals surface area contributed by atoms with Crippen molar-refractivity contribution in [3.8, 4) is 0 Å². The molecule has 0 amide bonds. The van der Waals surface area contributed by atoms with Crippen LogP contribution in [0.1, 0.15) is 24.8 Å². The largest absolute Gasteiger partial charge is 0.488 e. The lowest BCUT2D eigenvalue weighted by Gasteiger charge is -2.06. The van der Waals surface area contributed by atoms with Crippen molar-refractivity contribution in [1.29, 1.82) is 0 Å². The van der Waals surface area contributed by atoms with E-state index in [0.29, 0.717) is 18.8 Å². The maximum Gasteiger partial charge on any atom is 0.488 e. The van der Waals surface area contributed by atoms with E-state index in [2.05, 4.69) is 0 Å². The van der Waals surface area contributed by atoms with E-state index in [-0.39, 0.29) is 5.46 Å². The molecule has 1 aromatic rings. The van der Waals surface area contributed by atoms with Crippen LogP contribution in [0.5, 0.6) is 0 Å². The molecular weight excluding hydrogens is 222 g/mol. The maximum atomic E-state index is 13.2. The Morgan fingerprint density at radius 2 is 2.06 bits per heavy atom. The van der Waals surface area contributed by atoms with Gasteiger partial charge in [0.25, 0.3) is 0 Å². The molecule has 0 radical (unpaired) electrons. The van der Waals surface area contributed by atoms with Gasteiger partial charge in [0, 0.05) is 6.61 Å². The summed E-state index contributed by atoms with van der Waals surface area (Å²) in [6.45, 7) is 0.988. The molecule has 17 heavy (non-hydrogen) atoms. The van der Waals surface area contributed by atoms with Gasteiger partial charge in [0.05, 0.1) is 6.61 Å². The number of halogens is 1. The number of hydrogen-bond donors (Lipinski definition) is 2. The van der Waals surface area contributed by atoms with Crippen molar-refractivity contribution in [2.24, 2.45) is 5.92 Å². The molecule has 0 aliphatic heterocycles. The fraction of sp³-hybridized carbons (Fsp3) is 0.500. The summed E-state index contributed by atoms with van der Waals surface area (Å²) < 4.78 is 18.6. The van der Waals surface area contributed by atoms with Crippen molar-refractivity contribution in [2.45, 2.75) is 25.9 Å². The molecule has 0 heterocycles. The second-order valence-electron chi connectivity index (χ2n) is 4.55. The lowest BCUT2D eigenvalue weighted by molar-refractivity contribution is 0.115. The molecule has 0 bridgehead atoms. The molecule has 0 unspecified atom stereocenters. The van der Waals surface area contributed by atoms with Crippen LogP contribution in [0.15, 0.2) is 18.2 Å². The van der Waals surface area contributed by atoms with Crippen LogP contribution in [-0.4, -0.2) is 23.8 Å². The van der Waals surface area contributed by atoms with Gasteiger partial charge in [-0.25, -0.2) is 4.39 Å². The first-order valence-corrected chi connectivity index (χ1v) is 5.88. The van der Waals surface area contributed by atoms with Crippen LogP contribution in [0.3, 0.4) is 0 Å². The highest BCUT2D eigenvalue weighted by Gasteiger charge is 2.20. The van der Waals surface area contributed by atoms with Crippen LogP contribution in [-0.2, 0) is 11.3 Å². The quantitative estimate of drug-likeness (QED) is 0.569. The van der Waals surface area contributed by atoms with E-state index in [1.165, 1.54) is 18.9 Å². The second-order valence-corrected chi connectivity index (χ2v) is 4.55. The van der Waals surface area contributed by atoms with Crippen molar-refractivity contribution >= 4 is 12.6 Å². The summed E-state index contributed by atoms with van der Waals surface area (Å²) in [5.74, 6) is 0.341. The lowest BCUT2D eigenvalue weighted by Crippen LogP contribution is -2.30. The SMILES string of the molecule is OB(O)c1cc(F)cc(COCCC2CC2)c1. The van der Waals surface area contributed by atoms with Crippen molar-refractivity contribution in [3.05, 3.63) is 29.6 Å². The predicted molar refractivity (Wildman–Crippen MR) is 63.2 cm³/mol. The topological polar surface area (TPSA) is 49.7 Å². The third-order valence-electron chi connectivity index (χ3n) is 2.91. The van der Waals surface area contributed by atoms with Crippen LogP contribution in [0.2, 0.25) is 0 Å². The first-order chi connectivity index (χ1) is 8.15. The van der Waals surface area contributed by atoms with Crippen LogP contribution >= 0.6 is 0 Å². The Hall–Kier alpha value is -0.905. The highest BCUT2D eigenvalue weighted by molar-refractivity contribution is 6.58. The fourth-order valence-corrected chi connectivity index (χ4v) is 1.75. The molecular formula is C12H16BFO3. The van der Waals surface area contributed by atoms with E-state index in [4.69, 9.17) is 14.8 Å². The van der Waals surface area contributed by atoms with Crippen molar-refractivity contribution in [3.63, 3.8) is 0 Å². The van der Waals surface area contributed by atoms with Crippen LogP contribution in [0.25, 0.3) is 0 Å². The lowest BCUT2D eigenvalue weighted by atomic mass is 9.79. The molecule has 1 fully saturated rings. The summed E-state index contributed by atoms with van der Waals surface area (Å²) in [5, 5.41) is 17.9. The molecule has 0 spiro atoms. The molecule has 1 aliphatic carbocycles. The Morgan fingerprint density at radius 3 is 2.71 bits per heavy atom. The van der Waals surface area contributed by atoms with Gasteiger partial charge in [-0.3, -0.25) is 0 Å². The zero-order valence-electron chi connectivity index (χ0n) is 9.60. The van der Waals surface area contributed by atoms with Crippen molar-refractivity contribution < 1.29 is 19.2 Å². The third kappa shape index (κ3) is 4.11. The minimum absolute atomic E-state index is 0.158. The predicted octanol–water partition coefficient (Wildman–Crippen LogP) is 0.822. The average molecular weight is 238 g/mol. The summed E-state index contributed by atoms with van der Waals surface area (Å²) in [6.07, 6.45) is 3.65. The second kappa shape index (κ2) is 5.62. The van der Waals surface area contributed by atoms with E-state index in [1.54, 1.807) is 6.07 Å². The summed E-state index contributed by atoms with van der Waals surface area (Å²) in [4.78, 5) is 0. The number of benzene rings is 1. The first-order valence-electron chi connectivity index (χ1n) is 5.88. The molecule has 0 aromatic heterocycles. The molecule has 5 heteroatoms. The summed E-state index contributed by atoms with van der Waals surface area (Å²) >= 11 is 0. The standard InChI is InChI=1S/C12H16BFO3/c14-12-6-10(5-11(7-12)13(15)16)8-17-4-3-9-1-2-9/h5-7,9,15-16H,1-4,8H2. The number of hydrogen-bond acceptors (Lipinski definition) is 3. The Morgan fingerprint density at radius 1 is 1.29 bits per heavy atom. The van der Waals surface area contributed by atoms with Gasteiger partial charge in [-0.05, 0) is 35.5 Å². The fourth-order valence-electron chi connectivity index (χ4n) is 1.75. The zero-order valence-corrected chi connectivity index (χ0v) is 9.60. The molecule has 0 atom stereocenters. The molecule has 2 N–H and O–H groups in total. The third-order valence-corrected chi connectivity index (χ3v) is 2.91. The van der Waals surface area contributed by atoms with Gasteiger partial charge in [-0.15, -0.1) is 0 Å². The number of ether oxygens (including phenoxy) is 1. The first kappa shape index (κ1) is 12.5. The van der Waals surface area contributed by atoms with Gasteiger partial charge in [0.1, 0.15) is 5.82 Å². The summed E-state index contributed by atoms with van der Waals surface area (Å²) in [5.41, 5.74) is 0.787. The maximum absolute atomic E-state index is 13.2. The van der Waals surface area contributed by atoms with Crippen LogP contribution in [0.4, 0.5) is 4.39 Å². The van der Waals surface area contributed by atoms with Crippen LogP contribution < -0.4 is 5.46 Å². The van der Waals surface area contributed by atoms with E-state index >= 15 is 0 Å². The highest BCUT2D eigenvalue weighted by Crippen LogP contribution is 2.32. The highest BCUT2D eigenvalue weighted by atomic mass is 19.1. The Balaban J connectivity index is 1.85. The Bertz CT molecular complexity index is 380. The molecule has 92 valence electrons. The van der Waals surface area contributed by atoms with Crippen LogP contribution in [0, 0.1) is 11.7 Å². The van der Waals surface area contributed by atoms with E-state index < -0.39 is 12.9 Å². The van der Waals surface area contributed by atoms with Crippen molar-refractivity contribution in [1.82, 2.24) is 0 Å². The van der Waals surface area contributed by atoms with E-state index in [1.807, 2.05) is 0 Å². The smallest absolute Gasteiger partial charge is 0.423 e. The molecule has 0 saturated heterocycles. The van der Waals surface area contributed by atoms with Gasteiger partial charge < -0.3 is 14.8 Å². The van der Waals surface area contributed by atoms with Gasteiger partial charge in [-0.1, -0.05) is 18.9 Å². The van der Waals surface area contributed by atoms with Gasteiger partial charge >= 0.3 is 7.12 Å². The monoisotopic (exact) mass is 238 g/mol. The van der Waals surface area contributed by atoms with Gasteiger partial charge in [0.15, 0.2) is 0 Å². The molecule has 1 aliphatic rings.